The summed E-state index contributed by atoms with van der Waals surface area (Å²) < 4.78 is 0. The van der Waals surface area contributed by atoms with E-state index in [-0.39, 0.29) is 16.2 Å². The Bertz CT molecular complexity index is 588. The molecule has 1 aromatic carbocycles. The number of nitrogens with two attached hydrogens (primary N) is 1. The summed E-state index contributed by atoms with van der Waals surface area (Å²) in [6, 6.07) is 4.26. The Morgan fingerprint density at radius 1 is 1.09 bits per heavy atom. The van der Waals surface area contributed by atoms with E-state index in [0.29, 0.717) is 12.3 Å². The number of benzene rings is 1. The summed E-state index contributed by atoms with van der Waals surface area (Å²) in [5.74, 6) is 0.429. The molecule has 2 rings (SSSR count). The quantitative estimate of drug-likeness (QED) is 0.849. The van der Waals surface area contributed by atoms with Crippen LogP contribution in [0.4, 0.5) is 0 Å². The minimum Gasteiger partial charge on any atom is -0.507 e. The summed E-state index contributed by atoms with van der Waals surface area (Å²) in [5.41, 5.74) is 9.95. The lowest BCUT2D eigenvalue weighted by atomic mass is 9.78. The van der Waals surface area contributed by atoms with Gasteiger partial charge in [-0.25, -0.2) is 0 Å². The number of phenolic OH excluding ortho intramolecular Hbond substituents is 1. The lowest BCUT2D eigenvalue weighted by Gasteiger charge is -2.30. The molecule has 0 amide bonds. The zero-order chi connectivity index (χ0) is 17.6. The minimum atomic E-state index is -0.113. The average Bonchev–Trinajstić information content (AvgIpc) is 2.77. The monoisotopic (exact) mass is 334 g/mol. The van der Waals surface area contributed by atoms with E-state index in [1.807, 2.05) is 0 Å². The van der Waals surface area contributed by atoms with Crippen LogP contribution in [-0.2, 0) is 10.8 Å². The van der Waals surface area contributed by atoms with E-state index >= 15 is 0 Å². The first-order valence-corrected chi connectivity index (χ1v) is 9.08. The van der Waals surface area contributed by atoms with Crippen molar-refractivity contribution < 1.29 is 5.11 Å². The van der Waals surface area contributed by atoms with E-state index in [1.165, 1.54) is 5.70 Å². The lowest BCUT2D eigenvalue weighted by molar-refractivity contribution is 0.422. The molecule has 0 saturated carbocycles. The van der Waals surface area contributed by atoms with Crippen molar-refractivity contribution in [1.82, 2.24) is 4.90 Å². The summed E-state index contributed by atoms with van der Waals surface area (Å²) >= 11 is 1.76. The normalized spacial score (nSPS) is 19.2. The minimum absolute atomic E-state index is 0.113. The fourth-order valence-corrected chi connectivity index (χ4v) is 3.88. The van der Waals surface area contributed by atoms with Gasteiger partial charge in [-0.05, 0) is 33.9 Å². The van der Waals surface area contributed by atoms with Crippen LogP contribution < -0.4 is 5.73 Å². The van der Waals surface area contributed by atoms with Crippen LogP contribution in [0.5, 0.6) is 5.75 Å². The number of thioether (sulfide) groups is 1. The third kappa shape index (κ3) is 3.53. The van der Waals surface area contributed by atoms with Crippen molar-refractivity contribution >= 4 is 17.5 Å². The van der Waals surface area contributed by atoms with Crippen molar-refractivity contribution in [2.45, 2.75) is 57.7 Å². The van der Waals surface area contributed by atoms with E-state index in [2.05, 4.69) is 71.0 Å². The molecule has 1 unspecified atom stereocenters. The van der Waals surface area contributed by atoms with Gasteiger partial charge in [0.25, 0.3) is 0 Å². The van der Waals surface area contributed by atoms with Crippen molar-refractivity contribution in [3.05, 3.63) is 34.2 Å². The molecule has 0 radical (unpaired) electrons. The molecule has 128 valence electrons. The Hall–Kier alpha value is -1.13. The zero-order valence-corrected chi connectivity index (χ0v) is 16.2. The molecule has 0 bridgehead atoms. The Kier molecular flexibility index (Phi) is 4.80. The van der Waals surface area contributed by atoms with Crippen LogP contribution in [0.25, 0.3) is 5.70 Å². The SMILES string of the molecule is CN1C(c2cc(C(C)(C)C)c(O)c(C(C)(C)C)c2)=CSC1CN. The average molecular weight is 335 g/mol. The van der Waals surface area contributed by atoms with Crippen LogP contribution >= 0.6 is 11.8 Å². The van der Waals surface area contributed by atoms with Crippen LogP contribution in [0.2, 0.25) is 0 Å². The Balaban J connectivity index is 2.62. The third-order valence-corrected chi connectivity index (χ3v) is 5.55. The molecule has 0 fully saturated rings. The van der Waals surface area contributed by atoms with Gasteiger partial charge < -0.3 is 15.7 Å². The molecule has 1 heterocycles. The first kappa shape index (κ1) is 18.2. The maximum Gasteiger partial charge on any atom is 0.123 e. The first-order chi connectivity index (χ1) is 10.5. The molecule has 1 aliphatic rings. The highest BCUT2D eigenvalue weighted by Crippen LogP contribution is 2.43. The Morgan fingerprint density at radius 2 is 1.57 bits per heavy atom. The third-order valence-electron chi connectivity index (χ3n) is 4.37. The Morgan fingerprint density at radius 3 is 1.91 bits per heavy atom. The molecular formula is C19H30N2OS. The predicted molar refractivity (Wildman–Crippen MR) is 102 cm³/mol. The van der Waals surface area contributed by atoms with Gasteiger partial charge in [0.1, 0.15) is 5.75 Å². The topological polar surface area (TPSA) is 49.5 Å². The van der Waals surface area contributed by atoms with Crippen LogP contribution in [0.15, 0.2) is 17.5 Å². The number of nitrogens with zero attached hydrogens (tertiary/aromatic N) is 1. The molecule has 1 atom stereocenters. The van der Waals surface area contributed by atoms with E-state index in [0.717, 1.165) is 16.7 Å². The van der Waals surface area contributed by atoms with Gasteiger partial charge in [-0.15, -0.1) is 11.8 Å². The van der Waals surface area contributed by atoms with Gasteiger partial charge in [0.2, 0.25) is 0 Å². The molecule has 1 aromatic rings. The molecule has 3 N–H and O–H groups in total. The van der Waals surface area contributed by atoms with Crippen LogP contribution in [0.1, 0.15) is 58.2 Å². The second kappa shape index (κ2) is 6.06. The molecular weight excluding hydrogens is 304 g/mol. The largest absolute Gasteiger partial charge is 0.507 e. The van der Waals surface area contributed by atoms with Gasteiger partial charge in [0.05, 0.1) is 11.1 Å². The van der Waals surface area contributed by atoms with Crippen molar-refractivity contribution in [1.29, 1.82) is 0 Å². The summed E-state index contributed by atoms with van der Waals surface area (Å²) in [5, 5.41) is 13.3. The number of phenols is 1. The van der Waals surface area contributed by atoms with Gasteiger partial charge >= 0.3 is 0 Å². The van der Waals surface area contributed by atoms with Crippen LogP contribution in [-0.4, -0.2) is 29.0 Å². The fraction of sp³-hybridized carbons (Fsp3) is 0.579. The number of rotatable bonds is 2. The van der Waals surface area contributed by atoms with Crippen LogP contribution in [0, 0.1) is 0 Å². The maximum atomic E-state index is 10.8. The molecule has 0 aromatic heterocycles. The smallest absolute Gasteiger partial charge is 0.123 e. The highest BCUT2D eigenvalue weighted by atomic mass is 32.2. The van der Waals surface area contributed by atoms with E-state index in [4.69, 9.17) is 5.73 Å². The molecule has 4 heteroatoms. The highest BCUT2D eigenvalue weighted by Gasteiger charge is 2.29. The van der Waals surface area contributed by atoms with Crippen molar-refractivity contribution in [3.8, 4) is 5.75 Å². The van der Waals surface area contributed by atoms with Gasteiger partial charge in [0, 0.05) is 24.7 Å². The first-order valence-electron chi connectivity index (χ1n) is 8.13. The van der Waals surface area contributed by atoms with Crippen molar-refractivity contribution in [2.24, 2.45) is 5.73 Å². The molecule has 0 aliphatic carbocycles. The molecule has 1 aliphatic heterocycles. The summed E-state index contributed by atoms with van der Waals surface area (Å²) in [4.78, 5) is 2.23. The van der Waals surface area contributed by atoms with Gasteiger partial charge in [-0.3, -0.25) is 0 Å². The second-order valence-corrected chi connectivity index (χ2v) is 9.41. The number of likely N-dealkylation sites (N-methyl/N-ethyl adjacent to an activating group) is 1. The molecule has 0 spiro atoms. The Labute approximate surface area is 144 Å². The summed E-state index contributed by atoms with van der Waals surface area (Å²) in [7, 11) is 2.09. The van der Waals surface area contributed by atoms with Crippen molar-refractivity contribution in [3.63, 3.8) is 0 Å². The molecule has 23 heavy (non-hydrogen) atoms. The molecule has 3 nitrogen and oxygen atoms in total. The van der Waals surface area contributed by atoms with E-state index < -0.39 is 0 Å². The van der Waals surface area contributed by atoms with Gasteiger partial charge in [0.15, 0.2) is 0 Å². The second-order valence-electron chi connectivity index (χ2n) is 8.36. The maximum absolute atomic E-state index is 10.8. The van der Waals surface area contributed by atoms with E-state index in [9.17, 15) is 5.11 Å². The lowest BCUT2D eigenvalue weighted by Crippen LogP contribution is -2.30. The van der Waals surface area contributed by atoms with E-state index in [1.54, 1.807) is 11.8 Å². The van der Waals surface area contributed by atoms with Gasteiger partial charge in [-0.1, -0.05) is 41.5 Å². The van der Waals surface area contributed by atoms with Crippen molar-refractivity contribution in [2.75, 3.05) is 13.6 Å². The number of aromatic hydroxyl groups is 1. The fourth-order valence-electron chi connectivity index (χ4n) is 2.88. The highest BCUT2D eigenvalue weighted by molar-refractivity contribution is 8.03. The number of hydrogen-bond donors (Lipinski definition) is 2. The van der Waals surface area contributed by atoms with Gasteiger partial charge in [-0.2, -0.15) is 0 Å². The number of hydrogen-bond acceptors (Lipinski definition) is 4. The molecule has 0 saturated heterocycles. The predicted octanol–water partition coefficient (Wildman–Crippen LogP) is 4.25. The summed E-state index contributed by atoms with van der Waals surface area (Å²) in [6.07, 6.45) is 0. The standard InChI is InChI=1S/C19H30N2OS/c1-18(2,3)13-8-12(9-14(17(13)22)19(4,5)6)15-11-23-16(10-20)21(15)7/h8-9,11,16,22H,10,20H2,1-7H3. The zero-order valence-electron chi connectivity index (χ0n) is 15.4. The summed E-state index contributed by atoms with van der Waals surface area (Å²) in [6.45, 7) is 13.5. The van der Waals surface area contributed by atoms with Crippen LogP contribution in [0.3, 0.4) is 0 Å².